The Morgan fingerprint density at radius 2 is 1.85 bits per heavy atom. The van der Waals surface area contributed by atoms with Gasteiger partial charge in [-0.2, -0.15) is 0 Å². The number of nitrogen functional groups attached to an aromatic ring is 1. The minimum absolute atomic E-state index is 0.547. The number of rotatable bonds is 4. The lowest BCUT2D eigenvalue weighted by molar-refractivity contribution is 0.350. The van der Waals surface area contributed by atoms with Gasteiger partial charge in [0.05, 0.1) is 19.7 Å². The molecule has 4 N–H and O–H groups in total. The van der Waals surface area contributed by atoms with Gasteiger partial charge in [0.1, 0.15) is 0 Å². The number of pyridine rings is 1. The second-order valence-electron chi connectivity index (χ2n) is 7.24. The fraction of sp³-hybridized carbons (Fsp3) is 0.318. The van der Waals surface area contributed by atoms with Gasteiger partial charge < -0.3 is 20.9 Å². The fourth-order valence-electron chi connectivity index (χ4n) is 4.25. The molecule has 0 saturated heterocycles. The summed E-state index contributed by atoms with van der Waals surface area (Å²) in [6.45, 7) is 0. The Kier molecular flexibility index (Phi) is 4.40. The van der Waals surface area contributed by atoms with E-state index in [1.54, 1.807) is 14.2 Å². The minimum Gasteiger partial charge on any atom is -0.493 e. The van der Waals surface area contributed by atoms with Gasteiger partial charge in [-0.3, -0.25) is 4.98 Å². The Morgan fingerprint density at radius 3 is 2.63 bits per heavy atom. The average molecular weight is 363 g/mol. The van der Waals surface area contributed by atoms with E-state index in [1.165, 1.54) is 0 Å². The Bertz CT molecular complexity index is 1000. The van der Waals surface area contributed by atoms with Crippen molar-refractivity contribution in [2.24, 2.45) is 5.73 Å². The maximum atomic E-state index is 6.96. The van der Waals surface area contributed by atoms with Crippen LogP contribution in [0.25, 0.3) is 10.9 Å². The molecule has 0 bridgehead atoms. The van der Waals surface area contributed by atoms with Crippen molar-refractivity contribution in [2.75, 3.05) is 20.0 Å². The molecule has 0 saturated carbocycles. The molecule has 5 nitrogen and oxygen atoms in total. The number of hydrogen-bond donors (Lipinski definition) is 2. The van der Waals surface area contributed by atoms with E-state index < -0.39 is 5.54 Å². The van der Waals surface area contributed by atoms with E-state index in [-0.39, 0.29) is 0 Å². The molecule has 0 amide bonds. The van der Waals surface area contributed by atoms with Gasteiger partial charge in [-0.1, -0.05) is 24.3 Å². The molecule has 5 heteroatoms. The number of ether oxygens (including phenoxy) is 2. The van der Waals surface area contributed by atoms with Crippen LogP contribution in [0.15, 0.2) is 42.5 Å². The summed E-state index contributed by atoms with van der Waals surface area (Å²) in [7, 11) is 3.28. The first-order valence-electron chi connectivity index (χ1n) is 9.23. The first kappa shape index (κ1) is 17.6. The summed E-state index contributed by atoms with van der Waals surface area (Å²) in [5, 5.41) is 0.972. The van der Waals surface area contributed by atoms with E-state index in [0.29, 0.717) is 17.9 Å². The number of methoxy groups -OCH3 is 2. The number of fused-ring (bicyclic) bond motifs is 2. The topological polar surface area (TPSA) is 83.4 Å². The van der Waals surface area contributed by atoms with E-state index >= 15 is 0 Å². The van der Waals surface area contributed by atoms with Gasteiger partial charge in [0.2, 0.25) is 0 Å². The second-order valence-corrected chi connectivity index (χ2v) is 7.24. The number of aryl methyl sites for hydroxylation is 1. The number of hydrogen-bond acceptors (Lipinski definition) is 5. The van der Waals surface area contributed by atoms with Gasteiger partial charge >= 0.3 is 0 Å². The summed E-state index contributed by atoms with van der Waals surface area (Å²) >= 11 is 0. The summed E-state index contributed by atoms with van der Waals surface area (Å²) in [6, 6.07) is 14.0. The molecule has 1 heterocycles. The highest BCUT2D eigenvalue weighted by atomic mass is 16.5. The molecule has 0 spiro atoms. The number of nitrogens with two attached hydrogens (primary N) is 2. The summed E-state index contributed by atoms with van der Waals surface area (Å²) in [5.41, 5.74) is 17.8. The van der Waals surface area contributed by atoms with Crippen molar-refractivity contribution >= 4 is 16.6 Å². The fourth-order valence-corrected chi connectivity index (χ4v) is 4.25. The van der Waals surface area contributed by atoms with Crippen molar-refractivity contribution in [1.82, 2.24) is 4.98 Å². The molecule has 1 aliphatic carbocycles. The summed E-state index contributed by atoms with van der Waals surface area (Å²) in [5.74, 6) is 1.42. The van der Waals surface area contributed by atoms with Crippen LogP contribution < -0.4 is 20.9 Å². The van der Waals surface area contributed by atoms with Gasteiger partial charge in [0.15, 0.2) is 11.5 Å². The van der Waals surface area contributed by atoms with Crippen LogP contribution in [0.3, 0.4) is 0 Å². The van der Waals surface area contributed by atoms with Gasteiger partial charge in [0.25, 0.3) is 0 Å². The predicted octanol–water partition coefficient (Wildman–Crippen LogP) is 3.57. The predicted molar refractivity (Wildman–Crippen MR) is 108 cm³/mol. The first-order chi connectivity index (χ1) is 13.1. The molecular formula is C22H25N3O2. The van der Waals surface area contributed by atoms with Crippen LogP contribution in [0.1, 0.15) is 29.7 Å². The second kappa shape index (κ2) is 6.74. The lowest BCUT2D eigenvalue weighted by atomic mass is 9.74. The largest absolute Gasteiger partial charge is 0.493 e. The monoisotopic (exact) mass is 363 g/mol. The molecule has 4 rings (SSSR count). The zero-order valence-corrected chi connectivity index (χ0v) is 15.8. The SMILES string of the molecule is COc1ccc(CC2(N)CCCc3nc4ccccc4c(N)c32)cc1OC. The molecule has 0 radical (unpaired) electrons. The molecule has 1 aromatic heterocycles. The molecule has 1 atom stereocenters. The summed E-state index contributed by atoms with van der Waals surface area (Å²) in [4.78, 5) is 4.87. The van der Waals surface area contributed by atoms with Crippen LogP contribution in [0.2, 0.25) is 0 Å². The van der Waals surface area contributed by atoms with E-state index in [2.05, 4.69) is 0 Å². The Hall–Kier alpha value is -2.79. The normalized spacial score (nSPS) is 18.9. The van der Waals surface area contributed by atoms with Crippen LogP contribution >= 0.6 is 0 Å². The standard InChI is InChI=1S/C22H25N3O2/c1-26-18-10-9-14(12-19(18)27-2)13-22(24)11-5-8-17-20(22)21(23)15-6-3-4-7-16(15)25-17/h3-4,6-7,9-10,12H,5,8,11,13,24H2,1-2H3,(H2,23,25). The molecule has 140 valence electrons. The number of para-hydroxylation sites is 1. The molecule has 0 aliphatic heterocycles. The van der Waals surface area contributed by atoms with Crippen molar-refractivity contribution in [1.29, 1.82) is 0 Å². The quantitative estimate of drug-likeness (QED) is 0.740. The van der Waals surface area contributed by atoms with Crippen LogP contribution in [-0.2, 0) is 18.4 Å². The average Bonchev–Trinajstić information content (AvgIpc) is 2.67. The number of nitrogens with zero attached hydrogens (tertiary/aromatic N) is 1. The summed E-state index contributed by atoms with van der Waals surface area (Å²) < 4.78 is 10.8. The maximum Gasteiger partial charge on any atom is 0.160 e. The van der Waals surface area contributed by atoms with Crippen LogP contribution in [0, 0.1) is 0 Å². The summed E-state index contributed by atoms with van der Waals surface area (Å²) in [6.07, 6.45) is 3.46. The van der Waals surface area contributed by atoms with E-state index in [0.717, 1.165) is 52.7 Å². The van der Waals surface area contributed by atoms with E-state index in [4.69, 9.17) is 25.9 Å². The van der Waals surface area contributed by atoms with Crippen molar-refractivity contribution in [3.63, 3.8) is 0 Å². The number of aromatic nitrogens is 1. The lowest BCUT2D eigenvalue weighted by Gasteiger charge is -2.37. The smallest absolute Gasteiger partial charge is 0.160 e. The van der Waals surface area contributed by atoms with Crippen LogP contribution in [0.5, 0.6) is 11.5 Å². The molecule has 1 unspecified atom stereocenters. The van der Waals surface area contributed by atoms with Gasteiger partial charge in [-0.25, -0.2) is 0 Å². The van der Waals surface area contributed by atoms with Crippen molar-refractivity contribution in [3.8, 4) is 11.5 Å². The zero-order chi connectivity index (χ0) is 19.0. The van der Waals surface area contributed by atoms with Crippen molar-refractivity contribution < 1.29 is 9.47 Å². The van der Waals surface area contributed by atoms with Crippen LogP contribution in [0.4, 0.5) is 5.69 Å². The lowest BCUT2D eigenvalue weighted by Crippen LogP contribution is -2.43. The zero-order valence-electron chi connectivity index (χ0n) is 15.8. The minimum atomic E-state index is -0.547. The van der Waals surface area contributed by atoms with Crippen LogP contribution in [-0.4, -0.2) is 19.2 Å². The third-order valence-corrected chi connectivity index (χ3v) is 5.51. The Labute approximate surface area is 159 Å². The van der Waals surface area contributed by atoms with Crippen molar-refractivity contribution in [2.45, 2.75) is 31.2 Å². The highest BCUT2D eigenvalue weighted by Crippen LogP contribution is 2.42. The van der Waals surface area contributed by atoms with Gasteiger partial charge in [-0.05, 0) is 49.4 Å². The molecular weight excluding hydrogens is 338 g/mol. The molecule has 3 aromatic rings. The molecule has 2 aromatic carbocycles. The molecule has 27 heavy (non-hydrogen) atoms. The Morgan fingerprint density at radius 1 is 1.07 bits per heavy atom. The molecule has 1 aliphatic rings. The third-order valence-electron chi connectivity index (χ3n) is 5.51. The number of benzene rings is 2. The number of anilines is 1. The Balaban J connectivity index is 1.80. The van der Waals surface area contributed by atoms with E-state index in [9.17, 15) is 0 Å². The first-order valence-corrected chi connectivity index (χ1v) is 9.23. The van der Waals surface area contributed by atoms with E-state index in [1.807, 2.05) is 42.5 Å². The van der Waals surface area contributed by atoms with Crippen molar-refractivity contribution in [3.05, 3.63) is 59.3 Å². The maximum absolute atomic E-state index is 6.96. The third kappa shape index (κ3) is 2.98. The highest BCUT2D eigenvalue weighted by Gasteiger charge is 2.36. The molecule has 0 fully saturated rings. The highest BCUT2D eigenvalue weighted by molar-refractivity contribution is 5.92. The van der Waals surface area contributed by atoms with Gasteiger partial charge in [-0.15, -0.1) is 0 Å². The van der Waals surface area contributed by atoms with Gasteiger partial charge in [0, 0.05) is 27.9 Å².